The maximum atomic E-state index is 12.1. The zero-order valence-corrected chi connectivity index (χ0v) is 15.9. The largest absolute Gasteiger partial charge is 0.497 e. The van der Waals surface area contributed by atoms with Crippen LogP contribution in [0.15, 0.2) is 28.7 Å². The predicted octanol–water partition coefficient (Wildman–Crippen LogP) is 2.35. The van der Waals surface area contributed by atoms with Crippen molar-refractivity contribution in [2.75, 3.05) is 13.7 Å². The van der Waals surface area contributed by atoms with Gasteiger partial charge in [-0.3, -0.25) is 14.7 Å². The Morgan fingerprint density at radius 3 is 2.48 bits per heavy atom. The van der Waals surface area contributed by atoms with Crippen molar-refractivity contribution in [3.05, 3.63) is 45.7 Å². The molecule has 0 aliphatic heterocycles. The van der Waals surface area contributed by atoms with E-state index >= 15 is 0 Å². The van der Waals surface area contributed by atoms with E-state index in [0.717, 1.165) is 17.0 Å². The number of benzene rings is 1. The summed E-state index contributed by atoms with van der Waals surface area (Å²) in [7, 11) is 1.60. The lowest BCUT2D eigenvalue weighted by atomic mass is 10.1. The molecule has 0 radical (unpaired) electrons. The van der Waals surface area contributed by atoms with Gasteiger partial charge in [0.05, 0.1) is 23.8 Å². The third-order valence-corrected chi connectivity index (χ3v) is 4.39. The van der Waals surface area contributed by atoms with Gasteiger partial charge in [-0.1, -0.05) is 26.0 Å². The van der Waals surface area contributed by atoms with Crippen LogP contribution in [0.1, 0.15) is 41.5 Å². The standard InChI is InChI=1S/C17H21BrN4O3/c1-10(2)15-14(18)16(22-21-15)17(24)20-9-13(23)19-8-11-4-6-12(25-3)7-5-11/h4-7,10H,8-9H2,1-3H3,(H,19,23)(H,20,24)(H,21,22). The molecule has 0 saturated heterocycles. The van der Waals surface area contributed by atoms with E-state index in [0.29, 0.717) is 11.0 Å². The molecule has 1 aromatic carbocycles. The van der Waals surface area contributed by atoms with Crippen molar-refractivity contribution < 1.29 is 14.3 Å². The number of aromatic nitrogens is 2. The summed E-state index contributed by atoms with van der Waals surface area (Å²) in [5.74, 6) is 0.276. The fourth-order valence-electron chi connectivity index (χ4n) is 2.13. The number of amides is 2. The Labute approximate surface area is 154 Å². The van der Waals surface area contributed by atoms with Gasteiger partial charge in [-0.05, 0) is 39.5 Å². The lowest BCUT2D eigenvalue weighted by Gasteiger charge is -2.07. The second kappa shape index (κ2) is 8.66. The SMILES string of the molecule is COc1ccc(CNC(=O)CNC(=O)c2n[nH]c(C(C)C)c2Br)cc1. The number of carbonyl (C=O) groups is 2. The zero-order chi connectivity index (χ0) is 18.4. The molecule has 25 heavy (non-hydrogen) atoms. The minimum atomic E-state index is -0.408. The third-order valence-electron chi connectivity index (χ3n) is 3.58. The number of nitrogens with one attached hydrogen (secondary N) is 3. The van der Waals surface area contributed by atoms with Crippen molar-refractivity contribution in [2.24, 2.45) is 0 Å². The molecular weight excluding hydrogens is 388 g/mol. The van der Waals surface area contributed by atoms with Crippen LogP contribution in [-0.2, 0) is 11.3 Å². The van der Waals surface area contributed by atoms with Gasteiger partial charge in [0, 0.05) is 6.54 Å². The molecule has 0 bridgehead atoms. The molecule has 2 amide bonds. The highest BCUT2D eigenvalue weighted by Gasteiger charge is 2.19. The van der Waals surface area contributed by atoms with Gasteiger partial charge in [0.1, 0.15) is 5.75 Å². The highest BCUT2D eigenvalue weighted by molar-refractivity contribution is 9.10. The van der Waals surface area contributed by atoms with Crippen LogP contribution in [0.4, 0.5) is 0 Å². The fraction of sp³-hybridized carbons (Fsp3) is 0.353. The maximum absolute atomic E-state index is 12.1. The van der Waals surface area contributed by atoms with Crippen molar-refractivity contribution >= 4 is 27.7 Å². The quantitative estimate of drug-likeness (QED) is 0.654. The van der Waals surface area contributed by atoms with Gasteiger partial charge in [0.25, 0.3) is 5.91 Å². The minimum Gasteiger partial charge on any atom is -0.497 e. The molecule has 1 heterocycles. The summed E-state index contributed by atoms with van der Waals surface area (Å²) >= 11 is 3.37. The van der Waals surface area contributed by atoms with Crippen molar-refractivity contribution in [1.29, 1.82) is 0 Å². The van der Waals surface area contributed by atoms with Crippen molar-refractivity contribution in [3.8, 4) is 5.75 Å². The number of rotatable bonds is 7. The number of hydrogen-bond donors (Lipinski definition) is 3. The molecule has 2 rings (SSSR count). The number of aromatic amines is 1. The van der Waals surface area contributed by atoms with Gasteiger partial charge in [0.2, 0.25) is 5.91 Å². The molecule has 0 fully saturated rings. The normalized spacial score (nSPS) is 10.6. The van der Waals surface area contributed by atoms with Crippen molar-refractivity contribution in [2.45, 2.75) is 26.3 Å². The summed E-state index contributed by atoms with van der Waals surface area (Å²) in [6.07, 6.45) is 0. The average Bonchev–Trinajstić information content (AvgIpc) is 3.00. The Hall–Kier alpha value is -2.35. The molecule has 1 aromatic heterocycles. The van der Waals surface area contributed by atoms with Crippen LogP contribution in [0.3, 0.4) is 0 Å². The third kappa shape index (κ3) is 5.06. The van der Waals surface area contributed by atoms with Gasteiger partial charge >= 0.3 is 0 Å². The summed E-state index contributed by atoms with van der Waals surface area (Å²) in [5.41, 5.74) is 2.03. The van der Waals surface area contributed by atoms with E-state index in [4.69, 9.17) is 4.74 Å². The van der Waals surface area contributed by atoms with Gasteiger partial charge < -0.3 is 15.4 Å². The molecule has 2 aromatic rings. The van der Waals surface area contributed by atoms with Gasteiger partial charge in [-0.2, -0.15) is 5.10 Å². The summed E-state index contributed by atoms with van der Waals surface area (Å²) in [5, 5.41) is 12.1. The highest BCUT2D eigenvalue weighted by atomic mass is 79.9. The van der Waals surface area contributed by atoms with Gasteiger partial charge in [-0.25, -0.2) is 0 Å². The summed E-state index contributed by atoms with van der Waals surface area (Å²) in [6, 6.07) is 7.38. The van der Waals surface area contributed by atoms with Crippen molar-refractivity contribution in [3.63, 3.8) is 0 Å². The first-order valence-corrected chi connectivity index (χ1v) is 8.63. The molecule has 3 N–H and O–H groups in total. The van der Waals surface area contributed by atoms with E-state index in [2.05, 4.69) is 36.8 Å². The molecule has 0 aliphatic rings. The number of nitrogens with zero attached hydrogens (tertiary/aromatic N) is 1. The molecule has 0 aliphatic carbocycles. The van der Waals surface area contributed by atoms with Crippen molar-refractivity contribution in [1.82, 2.24) is 20.8 Å². The second-order valence-electron chi connectivity index (χ2n) is 5.76. The number of ether oxygens (including phenoxy) is 1. The van der Waals surface area contributed by atoms with Crippen LogP contribution in [0.25, 0.3) is 0 Å². The lowest BCUT2D eigenvalue weighted by molar-refractivity contribution is -0.120. The van der Waals surface area contributed by atoms with E-state index in [-0.39, 0.29) is 24.1 Å². The Morgan fingerprint density at radius 1 is 1.24 bits per heavy atom. The molecule has 0 unspecified atom stereocenters. The number of H-pyrrole nitrogens is 1. The average molecular weight is 409 g/mol. The summed E-state index contributed by atoms with van der Waals surface area (Å²) < 4.78 is 5.70. The van der Waals surface area contributed by atoms with Crippen LogP contribution < -0.4 is 15.4 Å². The number of halogens is 1. The van der Waals surface area contributed by atoms with Gasteiger partial charge in [-0.15, -0.1) is 0 Å². The first-order chi connectivity index (χ1) is 11.9. The van der Waals surface area contributed by atoms with E-state index in [1.807, 2.05) is 38.1 Å². The Morgan fingerprint density at radius 2 is 1.92 bits per heavy atom. The maximum Gasteiger partial charge on any atom is 0.273 e. The first-order valence-electron chi connectivity index (χ1n) is 7.84. The van der Waals surface area contributed by atoms with E-state index in [1.54, 1.807) is 7.11 Å². The number of methoxy groups -OCH3 is 1. The van der Waals surface area contributed by atoms with E-state index in [1.165, 1.54) is 0 Å². The highest BCUT2D eigenvalue weighted by Crippen LogP contribution is 2.25. The topological polar surface area (TPSA) is 96.1 Å². The fourth-order valence-corrected chi connectivity index (χ4v) is 2.94. The first kappa shape index (κ1) is 19.0. The van der Waals surface area contributed by atoms with E-state index in [9.17, 15) is 9.59 Å². The van der Waals surface area contributed by atoms with Crippen LogP contribution in [-0.4, -0.2) is 35.7 Å². The Bertz CT molecular complexity index is 741. The zero-order valence-electron chi connectivity index (χ0n) is 14.4. The van der Waals surface area contributed by atoms with Crippen LogP contribution >= 0.6 is 15.9 Å². The molecule has 0 atom stereocenters. The minimum absolute atomic E-state index is 0.120. The molecule has 7 nitrogen and oxygen atoms in total. The molecule has 134 valence electrons. The Balaban J connectivity index is 1.82. The molecule has 0 spiro atoms. The predicted molar refractivity (Wildman–Crippen MR) is 97.6 cm³/mol. The van der Waals surface area contributed by atoms with Gasteiger partial charge in [0.15, 0.2) is 5.69 Å². The number of carbonyl (C=O) groups excluding carboxylic acids is 2. The van der Waals surface area contributed by atoms with E-state index < -0.39 is 5.91 Å². The Kier molecular flexibility index (Phi) is 6.58. The molecular formula is C17H21BrN4O3. The van der Waals surface area contributed by atoms with Crippen LogP contribution in [0.5, 0.6) is 5.75 Å². The second-order valence-corrected chi connectivity index (χ2v) is 6.56. The van der Waals surface area contributed by atoms with Crippen LogP contribution in [0, 0.1) is 0 Å². The smallest absolute Gasteiger partial charge is 0.273 e. The molecule has 8 heteroatoms. The molecule has 0 saturated carbocycles. The summed E-state index contributed by atoms with van der Waals surface area (Å²) in [4.78, 5) is 24.0. The van der Waals surface area contributed by atoms with Crippen LogP contribution in [0.2, 0.25) is 0 Å². The summed E-state index contributed by atoms with van der Waals surface area (Å²) in [6.45, 7) is 4.24. The lowest BCUT2D eigenvalue weighted by Crippen LogP contribution is -2.36. The number of hydrogen-bond acceptors (Lipinski definition) is 4. The monoisotopic (exact) mass is 408 g/mol.